The number of nitrogens with zero attached hydrogens (tertiary/aromatic N) is 7. The Morgan fingerprint density at radius 3 is 2.51 bits per heavy atom. The number of ether oxygens (including phenoxy) is 2. The standard InChI is InChI=1S/C38H40F3N7O3/c1-45-18-7-12-29(45)25-50-36-43-32-23-46(33-14-6-11-27-10-5-13-31(34(27)33)38(39,40)41)19-16-30(32)35(44-36)47-20-21-48(28(22-47)15-17-42)37(49)51-24-26-8-3-2-4-9-26/h2-6,8-11,13-14,28-29H,7,12,15-16,18-25H2,1H3/t28-,29-/m0/s1. The molecule has 1 amide bonds. The first-order valence-electron chi connectivity index (χ1n) is 17.4. The van der Waals surface area contributed by atoms with Gasteiger partial charge in [0.25, 0.3) is 0 Å². The second-order valence-corrected chi connectivity index (χ2v) is 13.4. The summed E-state index contributed by atoms with van der Waals surface area (Å²) in [7, 11) is 2.07. The fourth-order valence-corrected chi connectivity index (χ4v) is 7.47. The average Bonchev–Trinajstić information content (AvgIpc) is 3.56. The number of carbonyl (C=O) groups excluding carboxylic acids is 1. The van der Waals surface area contributed by atoms with Crippen molar-refractivity contribution >= 4 is 28.4 Å². The Labute approximate surface area is 295 Å². The number of likely N-dealkylation sites (N-methyl/N-ethyl adjacent to an activating group) is 1. The van der Waals surface area contributed by atoms with Crippen LogP contribution in [0.4, 0.5) is 29.5 Å². The maximum atomic E-state index is 14.2. The molecule has 3 aliphatic heterocycles. The molecule has 3 aromatic carbocycles. The lowest BCUT2D eigenvalue weighted by Crippen LogP contribution is -2.55. The lowest BCUT2D eigenvalue weighted by Gasteiger charge is -2.42. The number of halogens is 3. The highest BCUT2D eigenvalue weighted by Crippen LogP contribution is 2.41. The summed E-state index contributed by atoms with van der Waals surface area (Å²) in [6, 6.07) is 21.1. The summed E-state index contributed by atoms with van der Waals surface area (Å²) in [5.74, 6) is 0.670. The second kappa shape index (κ2) is 14.6. The zero-order chi connectivity index (χ0) is 35.5. The van der Waals surface area contributed by atoms with E-state index in [1.807, 2.05) is 35.2 Å². The van der Waals surface area contributed by atoms with Gasteiger partial charge in [-0.2, -0.15) is 28.4 Å². The van der Waals surface area contributed by atoms with E-state index in [4.69, 9.17) is 19.4 Å². The number of benzene rings is 3. The molecule has 4 heterocycles. The summed E-state index contributed by atoms with van der Waals surface area (Å²) in [6.07, 6.45) is -2.30. The molecule has 7 rings (SSSR count). The van der Waals surface area contributed by atoms with Gasteiger partial charge in [-0.05, 0) is 55.9 Å². The van der Waals surface area contributed by atoms with Crippen molar-refractivity contribution < 1.29 is 27.4 Å². The van der Waals surface area contributed by atoms with Crippen LogP contribution < -0.4 is 14.5 Å². The number of carbonyl (C=O) groups is 1. The van der Waals surface area contributed by atoms with E-state index in [0.29, 0.717) is 61.8 Å². The summed E-state index contributed by atoms with van der Waals surface area (Å²) in [5, 5.41) is 10.4. The molecule has 2 saturated heterocycles. The number of aromatic nitrogens is 2. The van der Waals surface area contributed by atoms with Crippen LogP contribution in [0, 0.1) is 11.3 Å². The molecule has 0 bridgehead atoms. The summed E-state index contributed by atoms with van der Waals surface area (Å²) in [5.41, 5.74) is 2.28. The van der Waals surface area contributed by atoms with Crippen molar-refractivity contribution in [2.45, 2.75) is 57.1 Å². The number of hydrogen-bond acceptors (Lipinski definition) is 9. The van der Waals surface area contributed by atoms with Gasteiger partial charge in [-0.3, -0.25) is 0 Å². The number of hydrogen-bond donors (Lipinski definition) is 0. The molecule has 51 heavy (non-hydrogen) atoms. The largest absolute Gasteiger partial charge is 0.462 e. The van der Waals surface area contributed by atoms with E-state index >= 15 is 0 Å². The third-order valence-corrected chi connectivity index (χ3v) is 10.2. The lowest BCUT2D eigenvalue weighted by atomic mass is 9.98. The van der Waals surface area contributed by atoms with Crippen LogP contribution in [0.3, 0.4) is 0 Å². The number of fused-ring (bicyclic) bond motifs is 2. The van der Waals surface area contributed by atoms with Gasteiger partial charge in [-0.25, -0.2) is 4.79 Å². The van der Waals surface area contributed by atoms with Gasteiger partial charge >= 0.3 is 18.3 Å². The minimum absolute atomic E-state index is 0.109. The number of piperazine rings is 1. The highest BCUT2D eigenvalue weighted by molar-refractivity contribution is 5.97. The van der Waals surface area contributed by atoms with Crippen LogP contribution in [0.15, 0.2) is 66.7 Å². The van der Waals surface area contributed by atoms with Crippen molar-refractivity contribution in [2.24, 2.45) is 0 Å². The molecule has 2 atom stereocenters. The highest BCUT2D eigenvalue weighted by Gasteiger charge is 2.37. The van der Waals surface area contributed by atoms with E-state index < -0.39 is 23.9 Å². The molecule has 0 aliphatic carbocycles. The van der Waals surface area contributed by atoms with Gasteiger partial charge in [0.05, 0.1) is 36.3 Å². The third-order valence-electron chi connectivity index (χ3n) is 10.2. The quantitative estimate of drug-likeness (QED) is 0.206. The lowest BCUT2D eigenvalue weighted by molar-refractivity contribution is -0.136. The van der Waals surface area contributed by atoms with Gasteiger partial charge in [-0.1, -0.05) is 54.6 Å². The number of alkyl halides is 3. The van der Waals surface area contributed by atoms with Crippen molar-refractivity contribution in [3.8, 4) is 12.1 Å². The summed E-state index contributed by atoms with van der Waals surface area (Å²) in [6.45, 7) is 3.37. The maximum absolute atomic E-state index is 14.2. The second-order valence-electron chi connectivity index (χ2n) is 13.4. The van der Waals surface area contributed by atoms with Crippen LogP contribution in [0.1, 0.15) is 41.6 Å². The molecule has 0 saturated carbocycles. The first-order chi connectivity index (χ1) is 24.7. The maximum Gasteiger partial charge on any atom is 0.417 e. The molecule has 0 spiro atoms. The number of anilines is 2. The molecule has 13 heteroatoms. The van der Waals surface area contributed by atoms with Gasteiger partial charge in [-0.15, -0.1) is 0 Å². The molecule has 0 N–H and O–H groups in total. The highest BCUT2D eigenvalue weighted by atomic mass is 19.4. The molecule has 10 nitrogen and oxygen atoms in total. The van der Waals surface area contributed by atoms with Gasteiger partial charge in [0, 0.05) is 48.9 Å². The first kappa shape index (κ1) is 34.4. The predicted octanol–water partition coefficient (Wildman–Crippen LogP) is 6.43. The molecule has 4 aromatic rings. The van der Waals surface area contributed by atoms with E-state index in [9.17, 15) is 23.2 Å². The van der Waals surface area contributed by atoms with Crippen LogP contribution in [0.25, 0.3) is 10.8 Å². The molecule has 266 valence electrons. The van der Waals surface area contributed by atoms with E-state index in [-0.39, 0.29) is 37.0 Å². The Balaban J connectivity index is 1.18. The molecule has 2 fully saturated rings. The molecule has 0 radical (unpaired) electrons. The number of rotatable bonds is 8. The summed E-state index contributed by atoms with van der Waals surface area (Å²) < 4.78 is 54.5. The Morgan fingerprint density at radius 1 is 0.961 bits per heavy atom. The predicted molar refractivity (Wildman–Crippen MR) is 186 cm³/mol. The molecule has 3 aliphatic rings. The van der Waals surface area contributed by atoms with Gasteiger partial charge in [0.2, 0.25) is 0 Å². The average molecular weight is 700 g/mol. The first-order valence-corrected chi connectivity index (χ1v) is 17.4. The SMILES string of the molecule is CN1CCC[C@H]1COc1nc2c(c(N3CCN(C(=O)OCc4ccccc4)[C@@H](CC#N)C3)n1)CCN(c1cccc3cccc(C(F)(F)F)c13)C2. The van der Waals surface area contributed by atoms with Crippen molar-refractivity contribution in [1.29, 1.82) is 5.26 Å². The van der Waals surface area contributed by atoms with Crippen molar-refractivity contribution in [2.75, 3.05) is 56.2 Å². The third kappa shape index (κ3) is 7.37. The van der Waals surface area contributed by atoms with Gasteiger partial charge in [0.1, 0.15) is 19.0 Å². The fourth-order valence-electron chi connectivity index (χ4n) is 7.47. The van der Waals surface area contributed by atoms with E-state index in [1.165, 1.54) is 6.07 Å². The van der Waals surface area contributed by atoms with E-state index in [0.717, 1.165) is 36.6 Å². The summed E-state index contributed by atoms with van der Waals surface area (Å²) in [4.78, 5) is 30.9. The van der Waals surface area contributed by atoms with Crippen LogP contribution in [-0.4, -0.2) is 84.3 Å². The van der Waals surface area contributed by atoms with Crippen molar-refractivity contribution in [3.05, 3.63) is 89.1 Å². The molecular weight excluding hydrogens is 659 g/mol. The Hall–Kier alpha value is -5.09. The Morgan fingerprint density at radius 2 is 1.76 bits per heavy atom. The fraction of sp³-hybridized carbons (Fsp3) is 0.421. The van der Waals surface area contributed by atoms with Crippen LogP contribution in [0.2, 0.25) is 0 Å². The molecule has 0 unspecified atom stereocenters. The molecular formula is C38H40F3N7O3. The number of amides is 1. The van der Waals surface area contributed by atoms with Gasteiger partial charge in [0.15, 0.2) is 0 Å². The Bertz CT molecular complexity index is 1910. The number of nitriles is 1. The van der Waals surface area contributed by atoms with E-state index in [2.05, 4.69) is 22.9 Å². The number of likely N-dealkylation sites (tertiary alicyclic amines) is 1. The zero-order valence-electron chi connectivity index (χ0n) is 28.5. The zero-order valence-corrected chi connectivity index (χ0v) is 28.5. The Kier molecular flexibility index (Phi) is 9.86. The van der Waals surface area contributed by atoms with Crippen LogP contribution in [0.5, 0.6) is 6.01 Å². The van der Waals surface area contributed by atoms with E-state index in [1.54, 1.807) is 29.2 Å². The van der Waals surface area contributed by atoms with Crippen LogP contribution >= 0.6 is 0 Å². The topological polar surface area (TPSA) is 98.1 Å². The summed E-state index contributed by atoms with van der Waals surface area (Å²) >= 11 is 0. The molecule has 1 aromatic heterocycles. The van der Waals surface area contributed by atoms with Gasteiger partial charge < -0.3 is 29.1 Å². The smallest absolute Gasteiger partial charge is 0.417 e. The minimum atomic E-state index is -4.51. The monoisotopic (exact) mass is 699 g/mol. The van der Waals surface area contributed by atoms with Crippen LogP contribution in [-0.2, 0) is 30.5 Å². The minimum Gasteiger partial charge on any atom is -0.462 e. The normalized spacial score (nSPS) is 19.5. The van der Waals surface area contributed by atoms with Crippen molar-refractivity contribution in [1.82, 2.24) is 19.8 Å². The van der Waals surface area contributed by atoms with Crippen molar-refractivity contribution in [3.63, 3.8) is 0 Å².